The van der Waals surface area contributed by atoms with Crippen molar-refractivity contribution in [3.05, 3.63) is 63.5 Å². The van der Waals surface area contributed by atoms with Crippen molar-refractivity contribution in [2.24, 2.45) is 0 Å². The quantitative estimate of drug-likeness (QED) is 0.693. The van der Waals surface area contributed by atoms with Crippen molar-refractivity contribution in [2.45, 2.75) is 6.92 Å². The van der Waals surface area contributed by atoms with E-state index in [9.17, 15) is 19.3 Å². The number of rotatable bonds is 4. The number of non-ortho nitro benzene ring substituents is 1. The molecule has 0 bridgehead atoms. The van der Waals surface area contributed by atoms with Crippen LogP contribution in [-0.4, -0.2) is 24.9 Å². The van der Waals surface area contributed by atoms with Gasteiger partial charge in [-0.1, -0.05) is 6.07 Å². The molecular formula is C16H16FN3O3. The van der Waals surface area contributed by atoms with Crippen LogP contribution in [0.1, 0.15) is 15.9 Å². The van der Waals surface area contributed by atoms with Gasteiger partial charge in [-0.3, -0.25) is 14.9 Å². The third-order valence-electron chi connectivity index (χ3n) is 3.37. The van der Waals surface area contributed by atoms with Gasteiger partial charge in [-0.25, -0.2) is 4.39 Å². The fourth-order valence-corrected chi connectivity index (χ4v) is 2.13. The van der Waals surface area contributed by atoms with E-state index in [1.165, 1.54) is 30.3 Å². The molecule has 7 heteroatoms. The van der Waals surface area contributed by atoms with Crippen LogP contribution in [0.2, 0.25) is 0 Å². The van der Waals surface area contributed by atoms with Crippen LogP contribution in [-0.2, 0) is 0 Å². The molecule has 0 aliphatic rings. The highest BCUT2D eigenvalue weighted by Crippen LogP contribution is 2.26. The zero-order valence-corrected chi connectivity index (χ0v) is 13.0. The molecule has 0 spiro atoms. The van der Waals surface area contributed by atoms with Crippen LogP contribution >= 0.6 is 0 Å². The average molecular weight is 317 g/mol. The van der Waals surface area contributed by atoms with Crippen LogP contribution < -0.4 is 10.2 Å². The fourth-order valence-electron chi connectivity index (χ4n) is 2.13. The summed E-state index contributed by atoms with van der Waals surface area (Å²) in [5.74, 6) is -1.01. The third kappa shape index (κ3) is 3.63. The largest absolute Gasteiger partial charge is 0.377 e. The van der Waals surface area contributed by atoms with E-state index in [4.69, 9.17) is 0 Å². The van der Waals surface area contributed by atoms with Crippen molar-refractivity contribution >= 4 is 23.0 Å². The number of anilines is 2. The van der Waals surface area contributed by atoms with Gasteiger partial charge in [0.2, 0.25) is 0 Å². The molecule has 2 aromatic carbocycles. The zero-order valence-electron chi connectivity index (χ0n) is 13.0. The second-order valence-electron chi connectivity index (χ2n) is 5.27. The van der Waals surface area contributed by atoms with E-state index >= 15 is 0 Å². The molecule has 23 heavy (non-hydrogen) atoms. The first-order chi connectivity index (χ1) is 10.8. The fraction of sp³-hybridized carbons (Fsp3) is 0.188. The minimum Gasteiger partial charge on any atom is -0.377 e. The Hall–Kier alpha value is -2.96. The highest BCUT2D eigenvalue weighted by molar-refractivity contribution is 6.08. The molecule has 0 saturated heterocycles. The molecule has 0 saturated carbocycles. The van der Waals surface area contributed by atoms with Crippen LogP contribution in [0.15, 0.2) is 36.4 Å². The molecule has 0 heterocycles. The van der Waals surface area contributed by atoms with Crippen LogP contribution in [0.4, 0.5) is 21.5 Å². The summed E-state index contributed by atoms with van der Waals surface area (Å²) in [6.45, 7) is 1.73. The van der Waals surface area contributed by atoms with E-state index in [0.29, 0.717) is 16.9 Å². The van der Waals surface area contributed by atoms with Crippen molar-refractivity contribution in [3.63, 3.8) is 0 Å². The molecule has 1 N–H and O–H groups in total. The Balaban J connectivity index is 2.43. The maximum Gasteiger partial charge on any atom is 0.270 e. The van der Waals surface area contributed by atoms with Gasteiger partial charge in [0.05, 0.1) is 10.5 Å². The number of halogens is 1. The monoisotopic (exact) mass is 317 g/mol. The van der Waals surface area contributed by atoms with Crippen molar-refractivity contribution in [1.29, 1.82) is 0 Å². The number of nitrogens with one attached hydrogen (secondary N) is 1. The summed E-state index contributed by atoms with van der Waals surface area (Å²) in [4.78, 5) is 24.5. The Morgan fingerprint density at radius 2 is 1.91 bits per heavy atom. The molecular weight excluding hydrogens is 301 g/mol. The van der Waals surface area contributed by atoms with E-state index in [2.05, 4.69) is 5.32 Å². The predicted octanol–water partition coefficient (Wildman–Crippen LogP) is 3.36. The number of hydrogen-bond donors (Lipinski definition) is 1. The number of aryl methyl sites for hydroxylation is 1. The van der Waals surface area contributed by atoms with Gasteiger partial charge in [-0.05, 0) is 30.7 Å². The van der Waals surface area contributed by atoms with Gasteiger partial charge in [-0.2, -0.15) is 0 Å². The third-order valence-corrected chi connectivity index (χ3v) is 3.37. The van der Waals surface area contributed by atoms with Gasteiger partial charge in [0.15, 0.2) is 0 Å². The Morgan fingerprint density at radius 1 is 1.22 bits per heavy atom. The normalized spacial score (nSPS) is 10.3. The van der Waals surface area contributed by atoms with E-state index < -0.39 is 16.6 Å². The summed E-state index contributed by atoms with van der Waals surface area (Å²) in [6, 6.07) is 8.10. The number of hydrogen-bond acceptors (Lipinski definition) is 4. The molecule has 2 aromatic rings. The first-order valence-corrected chi connectivity index (χ1v) is 6.83. The highest BCUT2D eigenvalue weighted by atomic mass is 19.1. The summed E-state index contributed by atoms with van der Waals surface area (Å²) < 4.78 is 13.3. The lowest BCUT2D eigenvalue weighted by molar-refractivity contribution is -0.384. The Labute approximate surface area is 132 Å². The van der Waals surface area contributed by atoms with Gasteiger partial charge in [0.1, 0.15) is 5.82 Å². The number of nitrogens with zero attached hydrogens (tertiary/aromatic N) is 2. The van der Waals surface area contributed by atoms with Gasteiger partial charge in [0, 0.05) is 37.6 Å². The second kappa shape index (κ2) is 6.43. The number of amides is 1. The maximum absolute atomic E-state index is 13.3. The first kappa shape index (κ1) is 16.4. The van der Waals surface area contributed by atoms with E-state index in [1.807, 2.05) is 0 Å². The highest BCUT2D eigenvalue weighted by Gasteiger charge is 2.18. The molecule has 0 atom stereocenters. The summed E-state index contributed by atoms with van der Waals surface area (Å²) in [7, 11) is 3.46. The summed E-state index contributed by atoms with van der Waals surface area (Å²) >= 11 is 0. The lowest BCUT2D eigenvalue weighted by atomic mass is 10.1. The Bertz CT molecular complexity index is 775. The lowest BCUT2D eigenvalue weighted by Crippen LogP contribution is -2.19. The van der Waals surface area contributed by atoms with Gasteiger partial charge >= 0.3 is 0 Å². The molecule has 1 amide bonds. The number of nitro groups is 1. The summed E-state index contributed by atoms with van der Waals surface area (Å²) in [5, 5.41) is 13.5. The first-order valence-electron chi connectivity index (χ1n) is 6.83. The Morgan fingerprint density at radius 3 is 2.52 bits per heavy atom. The molecule has 0 fully saturated rings. The van der Waals surface area contributed by atoms with Gasteiger partial charge in [0.25, 0.3) is 11.6 Å². The van der Waals surface area contributed by atoms with Gasteiger partial charge < -0.3 is 10.2 Å². The predicted molar refractivity (Wildman–Crippen MR) is 86.5 cm³/mol. The minimum absolute atomic E-state index is 0.146. The lowest BCUT2D eigenvalue weighted by Gasteiger charge is -2.17. The number of nitro benzene ring substituents is 1. The van der Waals surface area contributed by atoms with Crippen molar-refractivity contribution in [3.8, 4) is 0 Å². The number of benzene rings is 2. The smallest absolute Gasteiger partial charge is 0.270 e. The molecule has 120 valence electrons. The van der Waals surface area contributed by atoms with E-state index in [-0.39, 0.29) is 11.3 Å². The molecule has 0 aromatic heterocycles. The Kier molecular flexibility index (Phi) is 4.59. The minimum atomic E-state index is -0.566. The van der Waals surface area contributed by atoms with Crippen molar-refractivity contribution in [1.82, 2.24) is 0 Å². The molecule has 0 aliphatic heterocycles. The van der Waals surface area contributed by atoms with Gasteiger partial charge in [-0.15, -0.1) is 0 Å². The molecule has 2 rings (SSSR count). The average Bonchev–Trinajstić information content (AvgIpc) is 2.50. The summed E-state index contributed by atoms with van der Waals surface area (Å²) in [6.07, 6.45) is 0. The van der Waals surface area contributed by atoms with Crippen LogP contribution in [0.5, 0.6) is 0 Å². The summed E-state index contributed by atoms with van der Waals surface area (Å²) in [5.41, 5.74) is 1.51. The van der Waals surface area contributed by atoms with Crippen molar-refractivity contribution in [2.75, 3.05) is 24.3 Å². The second-order valence-corrected chi connectivity index (χ2v) is 5.27. The van der Waals surface area contributed by atoms with E-state index in [0.717, 1.165) is 0 Å². The zero-order chi connectivity index (χ0) is 17.1. The molecule has 6 nitrogen and oxygen atoms in total. The standard InChI is InChI=1S/C16H16FN3O3/c1-10-4-5-11(17)8-14(10)18-16(21)13-9-12(20(22)23)6-7-15(13)19(2)3/h4-9H,1-3H3,(H,18,21). The maximum atomic E-state index is 13.3. The number of carbonyl (C=O) groups excluding carboxylic acids is 1. The van der Waals surface area contributed by atoms with Crippen LogP contribution in [0.25, 0.3) is 0 Å². The molecule has 0 radical (unpaired) electrons. The SMILES string of the molecule is Cc1ccc(F)cc1NC(=O)c1cc([N+](=O)[O-])ccc1N(C)C. The van der Waals surface area contributed by atoms with Crippen LogP contribution in [0, 0.1) is 22.9 Å². The topological polar surface area (TPSA) is 75.5 Å². The van der Waals surface area contributed by atoms with E-state index in [1.54, 1.807) is 32.0 Å². The number of carbonyl (C=O) groups is 1. The van der Waals surface area contributed by atoms with Crippen molar-refractivity contribution < 1.29 is 14.1 Å². The molecule has 0 aliphatic carbocycles. The molecule has 0 unspecified atom stereocenters. The van der Waals surface area contributed by atoms with Crippen LogP contribution in [0.3, 0.4) is 0 Å².